The lowest BCUT2D eigenvalue weighted by Crippen LogP contribution is -2.30. The molecule has 0 saturated heterocycles. The first-order chi connectivity index (χ1) is 14.3. The van der Waals surface area contributed by atoms with Crippen LogP contribution in [0.4, 0.5) is 11.4 Å². The van der Waals surface area contributed by atoms with E-state index in [2.05, 4.69) is 27.9 Å². The second kappa shape index (κ2) is 7.68. The molecule has 6 heteroatoms. The monoisotopic (exact) mass is 510 g/mol. The highest BCUT2D eigenvalue weighted by atomic mass is 127. The number of hydrogen-bond donors (Lipinski definition) is 1. The molecule has 0 fully saturated rings. The number of carbonyl (C=O) groups is 3. The highest BCUT2D eigenvalue weighted by Crippen LogP contribution is 2.34. The third kappa shape index (κ3) is 3.52. The maximum absolute atomic E-state index is 13.1. The molecule has 0 bridgehead atoms. The highest BCUT2D eigenvalue weighted by molar-refractivity contribution is 14.1. The highest BCUT2D eigenvalue weighted by Gasteiger charge is 2.38. The standard InChI is InChI=1S/C24H19IN2O3/c1-13-9-14(2)21(15(3)10-13)27-23(29)19-8-7-16(11-20(19)24(27)30)22(28)26-18-6-4-5-17(25)12-18/h4-12H,1-3H3,(H,26,28). The molecule has 30 heavy (non-hydrogen) atoms. The first-order valence-corrected chi connectivity index (χ1v) is 10.5. The van der Waals surface area contributed by atoms with Gasteiger partial charge in [0.15, 0.2) is 0 Å². The van der Waals surface area contributed by atoms with Crippen molar-refractivity contribution in [3.63, 3.8) is 0 Å². The zero-order valence-corrected chi connectivity index (χ0v) is 18.9. The molecular weight excluding hydrogens is 491 g/mol. The number of imide groups is 1. The van der Waals surface area contributed by atoms with Gasteiger partial charge in [0.05, 0.1) is 16.8 Å². The van der Waals surface area contributed by atoms with E-state index in [0.717, 1.165) is 20.3 Å². The minimum absolute atomic E-state index is 0.245. The molecule has 0 aromatic heterocycles. The van der Waals surface area contributed by atoms with Gasteiger partial charge in [0.25, 0.3) is 17.7 Å². The molecule has 1 heterocycles. The number of benzene rings is 3. The normalized spacial score (nSPS) is 12.9. The number of amides is 3. The molecule has 0 saturated carbocycles. The summed E-state index contributed by atoms with van der Waals surface area (Å²) in [5.41, 5.74) is 4.95. The number of nitrogens with one attached hydrogen (secondary N) is 1. The predicted molar refractivity (Wildman–Crippen MR) is 125 cm³/mol. The first-order valence-electron chi connectivity index (χ1n) is 9.44. The van der Waals surface area contributed by atoms with Crippen molar-refractivity contribution < 1.29 is 14.4 Å². The largest absolute Gasteiger partial charge is 0.322 e. The lowest BCUT2D eigenvalue weighted by molar-refractivity contribution is 0.0925. The summed E-state index contributed by atoms with van der Waals surface area (Å²) in [4.78, 5) is 40.1. The van der Waals surface area contributed by atoms with E-state index in [9.17, 15) is 14.4 Å². The van der Waals surface area contributed by atoms with Gasteiger partial charge in [-0.15, -0.1) is 0 Å². The molecular formula is C24H19IN2O3. The van der Waals surface area contributed by atoms with Gasteiger partial charge in [0.2, 0.25) is 0 Å². The summed E-state index contributed by atoms with van der Waals surface area (Å²) in [6.45, 7) is 5.75. The van der Waals surface area contributed by atoms with Crippen molar-refractivity contribution in [1.29, 1.82) is 0 Å². The number of rotatable bonds is 3. The number of aryl methyl sites for hydroxylation is 3. The van der Waals surface area contributed by atoms with Crippen molar-refractivity contribution in [2.45, 2.75) is 20.8 Å². The summed E-state index contributed by atoms with van der Waals surface area (Å²) < 4.78 is 1.000. The molecule has 1 aliphatic heterocycles. The van der Waals surface area contributed by atoms with Gasteiger partial charge in [-0.2, -0.15) is 0 Å². The molecule has 1 N–H and O–H groups in total. The smallest absolute Gasteiger partial charge is 0.266 e. The van der Waals surface area contributed by atoms with Crippen LogP contribution in [0.1, 0.15) is 47.8 Å². The van der Waals surface area contributed by atoms with E-state index in [0.29, 0.717) is 22.5 Å². The SMILES string of the molecule is Cc1cc(C)c(N2C(=O)c3ccc(C(=O)Nc4cccc(I)c4)cc3C2=O)c(C)c1. The summed E-state index contributed by atoms with van der Waals surface area (Å²) >= 11 is 2.17. The molecule has 0 aliphatic carbocycles. The zero-order chi connectivity index (χ0) is 21.6. The average Bonchev–Trinajstić information content (AvgIpc) is 2.92. The second-order valence-electron chi connectivity index (χ2n) is 7.42. The number of halogens is 1. The number of nitrogens with zero attached hydrogens (tertiary/aromatic N) is 1. The Kier molecular flexibility index (Phi) is 5.19. The van der Waals surface area contributed by atoms with Crippen molar-refractivity contribution in [1.82, 2.24) is 0 Å². The van der Waals surface area contributed by atoms with Crippen molar-refractivity contribution in [3.8, 4) is 0 Å². The van der Waals surface area contributed by atoms with Crippen LogP contribution < -0.4 is 10.2 Å². The summed E-state index contributed by atoms with van der Waals surface area (Å²) in [5.74, 6) is -1.11. The minimum Gasteiger partial charge on any atom is -0.322 e. The van der Waals surface area contributed by atoms with Crippen LogP contribution in [0, 0.1) is 24.3 Å². The fraction of sp³-hybridized carbons (Fsp3) is 0.125. The molecule has 1 aliphatic rings. The van der Waals surface area contributed by atoms with Gasteiger partial charge in [-0.25, -0.2) is 4.90 Å². The summed E-state index contributed by atoms with van der Waals surface area (Å²) in [6.07, 6.45) is 0. The van der Waals surface area contributed by atoms with Gasteiger partial charge < -0.3 is 5.32 Å². The quantitative estimate of drug-likeness (QED) is 0.386. The third-order valence-corrected chi connectivity index (χ3v) is 5.76. The minimum atomic E-state index is -0.408. The van der Waals surface area contributed by atoms with E-state index in [1.54, 1.807) is 18.2 Å². The molecule has 150 valence electrons. The molecule has 4 rings (SSSR count). The summed E-state index contributed by atoms with van der Waals surface area (Å²) in [7, 11) is 0. The topological polar surface area (TPSA) is 66.5 Å². The van der Waals surface area contributed by atoms with E-state index in [-0.39, 0.29) is 17.4 Å². The molecule has 0 radical (unpaired) electrons. The predicted octanol–water partition coefficient (Wildman–Crippen LogP) is 5.27. The molecule has 0 atom stereocenters. The fourth-order valence-corrected chi connectivity index (χ4v) is 4.42. The van der Waals surface area contributed by atoms with Crippen molar-refractivity contribution >= 4 is 51.7 Å². The van der Waals surface area contributed by atoms with E-state index >= 15 is 0 Å². The Morgan fingerprint density at radius 3 is 2.20 bits per heavy atom. The van der Waals surface area contributed by atoms with Gasteiger partial charge in [-0.1, -0.05) is 23.8 Å². The Bertz CT molecular complexity index is 1210. The number of fused-ring (bicyclic) bond motifs is 1. The van der Waals surface area contributed by atoms with Crippen LogP contribution in [0.2, 0.25) is 0 Å². The molecule has 3 aromatic rings. The van der Waals surface area contributed by atoms with Gasteiger partial charge in [0, 0.05) is 14.8 Å². The first kappa shape index (κ1) is 20.3. The number of carbonyl (C=O) groups excluding carboxylic acids is 3. The number of anilines is 2. The Hall–Kier alpha value is -3.00. The third-order valence-electron chi connectivity index (χ3n) is 5.09. The van der Waals surface area contributed by atoms with E-state index < -0.39 is 5.91 Å². The van der Waals surface area contributed by atoms with Gasteiger partial charge >= 0.3 is 0 Å². The maximum atomic E-state index is 13.1. The van der Waals surface area contributed by atoms with Crippen LogP contribution >= 0.6 is 22.6 Å². The average molecular weight is 510 g/mol. The molecule has 3 aromatic carbocycles. The lowest BCUT2D eigenvalue weighted by Gasteiger charge is -2.20. The van der Waals surface area contributed by atoms with Crippen molar-refractivity contribution in [2.24, 2.45) is 0 Å². The van der Waals surface area contributed by atoms with E-state index in [1.165, 1.54) is 11.0 Å². The van der Waals surface area contributed by atoms with Crippen LogP contribution in [-0.4, -0.2) is 17.7 Å². The van der Waals surface area contributed by atoms with Gasteiger partial charge in [-0.05, 0) is 90.9 Å². The van der Waals surface area contributed by atoms with Crippen LogP contribution in [0.3, 0.4) is 0 Å². The molecule has 0 unspecified atom stereocenters. The maximum Gasteiger partial charge on any atom is 0.266 e. The zero-order valence-electron chi connectivity index (χ0n) is 16.7. The fourth-order valence-electron chi connectivity index (χ4n) is 3.88. The van der Waals surface area contributed by atoms with E-state index in [1.807, 2.05) is 51.1 Å². The Labute approximate surface area is 188 Å². The molecule has 5 nitrogen and oxygen atoms in total. The summed E-state index contributed by atoms with van der Waals surface area (Å²) in [6, 6.07) is 16.0. The summed E-state index contributed by atoms with van der Waals surface area (Å²) in [5, 5.41) is 2.83. The van der Waals surface area contributed by atoms with Crippen LogP contribution in [0.5, 0.6) is 0 Å². The Morgan fingerprint density at radius 2 is 1.53 bits per heavy atom. The van der Waals surface area contributed by atoms with Gasteiger partial charge in [0.1, 0.15) is 0 Å². The van der Waals surface area contributed by atoms with E-state index in [4.69, 9.17) is 0 Å². The molecule has 3 amide bonds. The second-order valence-corrected chi connectivity index (χ2v) is 8.66. The van der Waals surface area contributed by atoms with Crippen LogP contribution in [0.15, 0.2) is 54.6 Å². The number of hydrogen-bond acceptors (Lipinski definition) is 3. The van der Waals surface area contributed by atoms with Crippen LogP contribution in [-0.2, 0) is 0 Å². The Morgan fingerprint density at radius 1 is 0.867 bits per heavy atom. The lowest BCUT2D eigenvalue weighted by atomic mass is 10.0. The van der Waals surface area contributed by atoms with Crippen molar-refractivity contribution in [2.75, 3.05) is 10.2 Å². The van der Waals surface area contributed by atoms with Crippen molar-refractivity contribution in [3.05, 3.63) is 91.5 Å². The Balaban J connectivity index is 1.68. The van der Waals surface area contributed by atoms with Gasteiger partial charge in [-0.3, -0.25) is 14.4 Å². The molecule has 0 spiro atoms. The van der Waals surface area contributed by atoms with Crippen LogP contribution in [0.25, 0.3) is 0 Å².